The first-order chi connectivity index (χ1) is 5.66. The molecule has 5 heteroatoms. The minimum absolute atomic E-state index is 0.238. The predicted molar refractivity (Wildman–Crippen MR) is 47.3 cm³/mol. The van der Waals surface area contributed by atoms with E-state index in [1.807, 2.05) is 0 Å². The van der Waals surface area contributed by atoms with E-state index in [0.717, 1.165) is 5.56 Å². The number of nitrogens with one attached hydrogen (secondary N) is 1. The molecule has 0 aliphatic rings. The summed E-state index contributed by atoms with van der Waals surface area (Å²) in [6.45, 7) is 0.557. The average Bonchev–Trinajstić information content (AvgIpc) is 2.07. The van der Waals surface area contributed by atoms with Crippen LogP contribution < -0.4 is 10.9 Å². The smallest absolute Gasteiger partial charge is 0.285 e. The molecule has 1 rings (SSSR count). The predicted octanol–water partition coefficient (Wildman–Crippen LogP) is 0.153. The zero-order chi connectivity index (χ0) is 9.14. The number of halogens is 1. The summed E-state index contributed by atoms with van der Waals surface area (Å²) in [6, 6.07) is 0. The van der Waals surface area contributed by atoms with Crippen molar-refractivity contribution in [1.29, 1.82) is 0 Å². The first-order valence-electron chi connectivity index (χ1n) is 3.52. The summed E-state index contributed by atoms with van der Waals surface area (Å²) in [5, 5.41) is 6.97. The summed E-state index contributed by atoms with van der Waals surface area (Å²) >= 11 is 5.76. The largest absolute Gasteiger partial charge is 0.316 e. The van der Waals surface area contributed by atoms with Gasteiger partial charge in [-0.3, -0.25) is 4.79 Å². The molecule has 66 valence electrons. The van der Waals surface area contributed by atoms with Crippen molar-refractivity contribution in [2.24, 2.45) is 7.05 Å². The van der Waals surface area contributed by atoms with E-state index in [1.165, 1.54) is 4.68 Å². The van der Waals surface area contributed by atoms with Crippen molar-refractivity contribution in [3.05, 3.63) is 27.1 Å². The molecule has 1 heterocycles. The molecular formula is C7H10ClN3O. The molecule has 4 nitrogen and oxygen atoms in total. The quantitative estimate of drug-likeness (QED) is 0.717. The van der Waals surface area contributed by atoms with Crippen LogP contribution in [0.4, 0.5) is 0 Å². The van der Waals surface area contributed by atoms with E-state index in [9.17, 15) is 4.79 Å². The topological polar surface area (TPSA) is 46.9 Å². The van der Waals surface area contributed by atoms with Crippen molar-refractivity contribution in [3.63, 3.8) is 0 Å². The molecule has 0 aromatic carbocycles. The molecule has 0 radical (unpaired) electrons. The normalized spacial score (nSPS) is 10.2. The average molecular weight is 188 g/mol. The minimum Gasteiger partial charge on any atom is -0.316 e. The lowest BCUT2D eigenvalue weighted by Gasteiger charge is -2.02. The van der Waals surface area contributed by atoms with Crippen LogP contribution in [0.15, 0.2) is 11.0 Å². The third-order valence-corrected chi connectivity index (χ3v) is 1.92. The molecule has 0 saturated heterocycles. The fraction of sp³-hybridized carbons (Fsp3) is 0.429. The Morgan fingerprint density at radius 3 is 3.00 bits per heavy atom. The van der Waals surface area contributed by atoms with Gasteiger partial charge >= 0.3 is 0 Å². The van der Waals surface area contributed by atoms with Gasteiger partial charge < -0.3 is 5.32 Å². The van der Waals surface area contributed by atoms with Crippen LogP contribution in [0.3, 0.4) is 0 Å². The van der Waals surface area contributed by atoms with Crippen LogP contribution in [-0.2, 0) is 13.6 Å². The zero-order valence-electron chi connectivity index (χ0n) is 6.97. The van der Waals surface area contributed by atoms with Crippen molar-refractivity contribution in [3.8, 4) is 0 Å². The van der Waals surface area contributed by atoms with Gasteiger partial charge in [0.2, 0.25) is 0 Å². The summed E-state index contributed by atoms with van der Waals surface area (Å²) in [5.74, 6) is 0. The highest BCUT2D eigenvalue weighted by atomic mass is 35.5. The highest BCUT2D eigenvalue weighted by Gasteiger charge is 2.05. The number of aryl methyl sites for hydroxylation is 1. The van der Waals surface area contributed by atoms with Gasteiger partial charge in [0.15, 0.2) is 0 Å². The standard InChI is InChI=1S/C7H10ClN3O/c1-9-3-5-4-10-11(2)7(12)6(5)8/h4,9H,3H2,1-2H3. The molecule has 0 bridgehead atoms. The molecule has 1 N–H and O–H groups in total. The third-order valence-electron chi connectivity index (χ3n) is 1.52. The van der Waals surface area contributed by atoms with Crippen LogP contribution in [-0.4, -0.2) is 16.8 Å². The molecule has 0 unspecified atom stereocenters. The molecule has 1 aromatic heterocycles. The van der Waals surface area contributed by atoms with E-state index in [4.69, 9.17) is 11.6 Å². The maximum absolute atomic E-state index is 11.2. The second-order valence-electron chi connectivity index (χ2n) is 2.44. The SMILES string of the molecule is CNCc1cnn(C)c(=O)c1Cl. The number of hydrogen-bond acceptors (Lipinski definition) is 3. The van der Waals surface area contributed by atoms with Crippen LogP contribution in [0.5, 0.6) is 0 Å². The second-order valence-corrected chi connectivity index (χ2v) is 2.82. The molecule has 0 aliphatic heterocycles. The monoisotopic (exact) mass is 187 g/mol. The maximum Gasteiger partial charge on any atom is 0.285 e. The van der Waals surface area contributed by atoms with Gasteiger partial charge in [0.05, 0.1) is 6.20 Å². The summed E-state index contributed by atoms with van der Waals surface area (Å²) in [7, 11) is 3.35. The molecule has 12 heavy (non-hydrogen) atoms. The Labute approximate surface area is 75.2 Å². The lowest BCUT2D eigenvalue weighted by atomic mass is 10.3. The number of nitrogens with zero attached hydrogens (tertiary/aromatic N) is 2. The van der Waals surface area contributed by atoms with E-state index in [-0.39, 0.29) is 10.6 Å². The summed E-state index contributed by atoms with van der Waals surface area (Å²) in [5.41, 5.74) is 0.465. The molecule has 0 atom stereocenters. The Balaban J connectivity index is 3.18. The molecule has 0 amide bonds. The van der Waals surface area contributed by atoms with Crippen LogP contribution in [0.2, 0.25) is 5.02 Å². The van der Waals surface area contributed by atoms with E-state index in [0.29, 0.717) is 6.54 Å². The van der Waals surface area contributed by atoms with Gasteiger partial charge in [0, 0.05) is 19.2 Å². The van der Waals surface area contributed by atoms with E-state index in [1.54, 1.807) is 20.3 Å². The highest BCUT2D eigenvalue weighted by molar-refractivity contribution is 6.31. The van der Waals surface area contributed by atoms with Gasteiger partial charge in [0.25, 0.3) is 5.56 Å². The van der Waals surface area contributed by atoms with Crippen LogP contribution in [0.25, 0.3) is 0 Å². The molecule has 0 spiro atoms. The van der Waals surface area contributed by atoms with Gasteiger partial charge in [-0.05, 0) is 7.05 Å². The van der Waals surface area contributed by atoms with Gasteiger partial charge in [-0.15, -0.1) is 0 Å². The van der Waals surface area contributed by atoms with Crippen molar-refractivity contribution in [1.82, 2.24) is 15.1 Å². The Hall–Kier alpha value is -0.870. The van der Waals surface area contributed by atoms with Crippen LogP contribution in [0, 0.1) is 0 Å². The zero-order valence-corrected chi connectivity index (χ0v) is 7.72. The molecule has 0 aliphatic carbocycles. The molecule has 0 saturated carbocycles. The first-order valence-corrected chi connectivity index (χ1v) is 3.90. The number of rotatable bonds is 2. The van der Waals surface area contributed by atoms with Crippen molar-refractivity contribution >= 4 is 11.6 Å². The molecule has 1 aromatic rings. The molecular weight excluding hydrogens is 178 g/mol. The van der Waals surface area contributed by atoms with Crippen LogP contribution >= 0.6 is 11.6 Å². The van der Waals surface area contributed by atoms with Crippen molar-refractivity contribution < 1.29 is 0 Å². The molecule has 0 fully saturated rings. The fourth-order valence-corrected chi connectivity index (χ4v) is 1.10. The summed E-state index contributed by atoms with van der Waals surface area (Å²) in [6.07, 6.45) is 1.58. The van der Waals surface area contributed by atoms with E-state index < -0.39 is 0 Å². The number of hydrogen-bond donors (Lipinski definition) is 1. The summed E-state index contributed by atoms with van der Waals surface area (Å²) < 4.78 is 1.21. The first kappa shape index (κ1) is 9.22. The van der Waals surface area contributed by atoms with E-state index >= 15 is 0 Å². The lowest BCUT2D eigenvalue weighted by molar-refractivity contribution is 0.690. The Kier molecular flexibility index (Phi) is 2.83. The number of aromatic nitrogens is 2. The second kappa shape index (κ2) is 3.69. The highest BCUT2D eigenvalue weighted by Crippen LogP contribution is 2.07. The minimum atomic E-state index is -0.260. The lowest BCUT2D eigenvalue weighted by Crippen LogP contribution is -2.22. The Morgan fingerprint density at radius 1 is 1.75 bits per heavy atom. The fourth-order valence-electron chi connectivity index (χ4n) is 0.859. The van der Waals surface area contributed by atoms with E-state index in [2.05, 4.69) is 10.4 Å². The maximum atomic E-state index is 11.2. The Bertz CT molecular complexity index is 334. The van der Waals surface area contributed by atoms with Gasteiger partial charge in [0.1, 0.15) is 5.02 Å². The van der Waals surface area contributed by atoms with Gasteiger partial charge in [-0.2, -0.15) is 5.10 Å². The van der Waals surface area contributed by atoms with Crippen LogP contribution in [0.1, 0.15) is 5.56 Å². The summed E-state index contributed by atoms with van der Waals surface area (Å²) in [4.78, 5) is 11.2. The third kappa shape index (κ3) is 1.65. The van der Waals surface area contributed by atoms with Crippen molar-refractivity contribution in [2.75, 3.05) is 7.05 Å². The van der Waals surface area contributed by atoms with Gasteiger partial charge in [-0.25, -0.2) is 4.68 Å². The van der Waals surface area contributed by atoms with Gasteiger partial charge in [-0.1, -0.05) is 11.6 Å². The van der Waals surface area contributed by atoms with Crippen molar-refractivity contribution in [2.45, 2.75) is 6.54 Å². The Morgan fingerprint density at radius 2 is 2.42 bits per heavy atom.